The molecule has 3 aromatic rings. The number of rotatable bonds is 5. The van der Waals surface area contributed by atoms with Crippen molar-refractivity contribution in [2.24, 2.45) is 7.05 Å². The highest BCUT2D eigenvalue weighted by atomic mass is 16.3. The third-order valence-electron chi connectivity index (χ3n) is 3.17. The Morgan fingerprint density at radius 3 is 2.90 bits per heavy atom. The van der Waals surface area contributed by atoms with Gasteiger partial charge in [-0.15, -0.1) is 10.2 Å². The zero-order valence-electron chi connectivity index (χ0n) is 11.6. The summed E-state index contributed by atoms with van der Waals surface area (Å²) in [7, 11) is 1.76. The first-order valence-corrected chi connectivity index (χ1v) is 6.71. The molecule has 0 saturated carbocycles. The van der Waals surface area contributed by atoms with Crippen LogP contribution >= 0.6 is 0 Å². The van der Waals surface area contributed by atoms with Crippen molar-refractivity contribution in [1.82, 2.24) is 25.5 Å². The fraction of sp³-hybridized carbons (Fsp3) is 0.357. The van der Waals surface area contributed by atoms with Crippen molar-refractivity contribution in [2.45, 2.75) is 19.4 Å². The van der Waals surface area contributed by atoms with Crippen LogP contribution in [0.2, 0.25) is 0 Å². The van der Waals surface area contributed by atoms with Crippen molar-refractivity contribution in [1.29, 1.82) is 0 Å². The van der Waals surface area contributed by atoms with Crippen LogP contribution in [0.15, 0.2) is 34.7 Å². The van der Waals surface area contributed by atoms with E-state index < -0.39 is 0 Å². The monoisotopic (exact) mass is 271 g/mol. The van der Waals surface area contributed by atoms with E-state index in [4.69, 9.17) is 4.42 Å². The van der Waals surface area contributed by atoms with Crippen LogP contribution in [0.1, 0.15) is 24.6 Å². The molecule has 104 valence electrons. The van der Waals surface area contributed by atoms with Gasteiger partial charge in [0.15, 0.2) is 5.82 Å². The molecule has 0 fully saturated rings. The lowest BCUT2D eigenvalue weighted by atomic mass is 10.1. The summed E-state index contributed by atoms with van der Waals surface area (Å²) in [5.74, 6) is 1.61. The second-order valence-corrected chi connectivity index (χ2v) is 4.70. The van der Waals surface area contributed by atoms with Crippen LogP contribution < -0.4 is 5.32 Å². The van der Waals surface area contributed by atoms with Crippen LogP contribution in [0, 0.1) is 0 Å². The third-order valence-corrected chi connectivity index (χ3v) is 3.17. The van der Waals surface area contributed by atoms with Crippen molar-refractivity contribution < 1.29 is 4.42 Å². The minimum absolute atomic E-state index is 0.0524. The number of hydrogen-bond donors (Lipinski definition) is 1. The molecule has 0 bridgehead atoms. The number of aryl methyl sites for hydroxylation is 1. The minimum Gasteiger partial charge on any atom is -0.459 e. The number of nitrogens with one attached hydrogen (secondary N) is 1. The van der Waals surface area contributed by atoms with E-state index in [1.807, 2.05) is 24.3 Å². The summed E-state index contributed by atoms with van der Waals surface area (Å²) in [5.41, 5.74) is 0.900. The van der Waals surface area contributed by atoms with E-state index in [1.165, 1.54) is 4.80 Å². The van der Waals surface area contributed by atoms with Gasteiger partial charge in [0, 0.05) is 11.8 Å². The van der Waals surface area contributed by atoms with Crippen LogP contribution in [-0.2, 0) is 13.5 Å². The lowest BCUT2D eigenvalue weighted by Gasteiger charge is -2.12. The summed E-state index contributed by atoms with van der Waals surface area (Å²) in [4.78, 5) is 1.47. The zero-order chi connectivity index (χ0) is 13.9. The number of likely N-dealkylation sites (N-methyl/N-ethyl adjacent to an activating group) is 1. The van der Waals surface area contributed by atoms with Crippen molar-refractivity contribution in [2.75, 3.05) is 6.54 Å². The van der Waals surface area contributed by atoms with Crippen molar-refractivity contribution in [3.05, 3.63) is 41.9 Å². The number of fused-ring (bicyclic) bond motifs is 1. The predicted octanol–water partition coefficient (Wildman–Crippen LogP) is 1.85. The first-order valence-electron chi connectivity index (χ1n) is 6.71. The Morgan fingerprint density at radius 2 is 2.20 bits per heavy atom. The molecule has 0 spiro atoms. The molecule has 0 amide bonds. The highest BCUT2D eigenvalue weighted by Gasteiger charge is 2.18. The highest BCUT2D eigenvalue weighted by molar-refractivity contribution is 5.77. The lowest BCUT2D eigenvalue weighted by Crippen LogP contribution is -2.23. The van der Waals surface area contributed by atoms with E-state index in [1.54, 1.807) is 7.05 Å². The van der Waals surface area contributed by atoms with Crippen LogP contribution in [0.3, 0.4) is 0 Å². The molecule has 1 atom stereocenters. The van der Waals surface area contributed by atoms with Gasteiger partial charge in [-0.1, -0.05) is 25.1 Å². The molecule has 0 radical (unpaired) electrons. The van der Waals surface area contributed by atoms with Crippen molar-refractivity contribution in [3.8, 4) is 0 Å². The molecule has 2 heterocycles. The number of para-hydroxylation sites is 1. The van der Waals surface area contributed by atoms with Gasteiger partial charge in [-0.3, -0.25) is 0 Å². The summed E-state index contributed by atoms with van der Waals surface area (Å²) in [6, 6.07) is 10.1. The quantitative estimate of drug-likeness (QED) is 0.767. The molecule has 0 saturated heterocycles. The van der Waals surface area contributed by atoms with Gasteiger partial charge >= 0.3 is 0 Å². The smallest absolute Gasteiger partial charge is 0.176 e. The number of hydrogen-bond acceptors (Lipinski definition) is 5. The molecule has 3 rings (SSSR count). The first-order chi connectivity index (χ1) is 9.76. The van der Waals surface area contributed by atoms with E-state index in [2.05, 4.69) is 33.7 Å². The molecule has 6 heteroatoms. The number of furan rings is 1. The van der Waals surface area contributed by atoms with E-state index in [0.29, 0.717) is 12.2 Å². The van der Waals surface area contributed by atoms with Crippen molar-refractivity contribution >= 4 is 11.0 Å². The van der Waals surface area contributed by atoms with Crippen LogP contribution in [0.4, 0.5) is 0 Å². The van der Waals surface area contributed by atoms with Gasteiger partial charge in [-0.05, 0) is 23.9 Å². The Balaban J connectivity index is 1.89. The summed E-state index contributed by atoms with van der Waals surface area (Å²) in [5, 5.41) is 16.6. The normalized spacial score (nSPS) is 12.9. The Bertz CT molecular complexity index is 669. The molecule has 1 aromatic carbocycles. The van der Waals surface area contributed by atoms with Gasteiger partial charge in [0.1, 0.15) is 11.3 Å². The Hall–Kier alpha value is -2.21. The maximum atomic E-state index is 5.92. The number of aromatic nitrogens is 4. The molecular formula is C14H17N5O. The Morgan fingerprint density at radius 1 is 1.35 bits per heavy atom. The van der Waals surface area contributed by atoms with E-state index in [9.17, 15) is 0 Å². The molecule has 0 aliphatic heterocycles. The zero-order valence-corrected chi connectivity index (χ0v) is 11.6. The van der Waals surface area contributed by atoms with Gasteiger partial charge in [0.05, 0.1) is 13.1 Å². The molecule has 0 aliphatic carbocycles. The molecule has 1 N–H and O–H groups in total. The maximum Gasteiger partial charge on any atom is 0.176 e. The Kier molecular flexibility index (Phi) is 3.47. The second-order valence-electron chi connectivity index (χ2n) is 4.70. The molecule has 1 unspecified atom stereocenters. The largest absolute Gasteiger partial charge is 0.459 e. The fourth-order valence-electron chi connectivity index (χ4n) is 2.28. The average Bonchev–Trinajstić information content (AvgIpc) is 3.04. The third kappa shape index (κ3) is 2.55. The number of nitrogens with zero attached hydrogens (tertiary/aromatic N) is 4. The molecule has 0 aliphatic rings. The summed E-state index contributed by atoms with van der Waals surface area (Å²) in [6.07, 6.45) is 0.654. The summed E-state index contributed by atoms with van der Waals surface area (Å²) < 4.78 is 5.92. The van der Waals surface area contributed by atoms with Gasteiger partial charge in [-0.25, -0.2) is 0 Å². The molecule has 2 aromatic heterocycles. The molecule has 6 nitrogen and oxygen atoms in total. The van der Waals surface area contributed by atoms with E-state index in [0.717, 1.165) is 23.3 Å². The predicted molar refractivity (Wildman–Crippen MR) is 75.1 cm³/mol. The van der Waals surface area contributed by atoms with Gasteiger partial charge in [0.25, 0.3) is 0 Å². The van der Waals surface area contributed by atoms with Crippen LogP contribution in [0.25, 0.3) is 11.0 Å². The van der Waals surface area contributed by atoms with E-state index in [-0.39, 0.29) is 6.04 Å². The van der Waals surface area contributed by atoms with Crippen LogP contribution in [-0.4, -0.2) is 26.8 Å². The number of benzene rings is 1. The molecular weight excluding hydrogens is 254 g/mol. The first kappa shape index (κ1) is 12.8. The lowest BCUT2D eigenvalue weighted by molar-refractivity contribution is 0.429. The van der Waals surface area contributed by atoms with Gasteiger partial charge < -0.3 is 9.73 Å². The fourth-order valence-corrected chi connectivity index (χ4v) is 2.28. The standard InChI is InChI=1S/C14H17N5O/c1-3-15-11(9-14-16-18-19(2)17-14)13-8-10-6-4-5-7-12(10)20-13/h4-8,11,15H,3,9H2,1-2H3. The maximum absolute atomic E-state index is 5.92. The second kappa shape index (κ2) is 5.42. The summed E-state index contributed by atoms with van der Waals surface area (Å²) >= 11 is 0. The average molecular weight is 271 g/mol. The Labute approximate surface area is 116 Å². The van der Waals surface area contributed by atoms with Crippen molar-refractivity contribution in [3.63, 3.8) is 0 Å². The van der Waals surface area contributed by atoms with Crippen LogP contribution in [0.5, 0.6) is 0 Å². The van der Waals surface area contributed by atoms with Gasteiger partial charge in [-0.2, -0.15) is 4.80 Å². The van der Waals surface area contributed by atoms with Gasteiger partial charge in [0.2, 0.25) is 0 Å². The topological polar surface area (TPSA) is 68.8 Å². The summed E-state index contributed by atoms with van der Waals surface area (Å²) in [6.45, 7) is 2.92. The SMILES string of the molecule is CCNC(Cc1nnn(C)n1)c1cc2ccccc2o1. The number of tetrazole rings is 1. The van der Waals surface area contributed by atoms with E-state index >= 15 is 0 Å². The molecule has 20 heavy (non-hydrogen) atoms. The highest BCUT2D eigenvalue weighted by Crippen LogP contribution is 2.25. The minimum atomic E-state index is 0.0524.